The average Bonchev–Trinajstić information content (AvgIpc) is 2.53. The van der Waals surface area contributed by atoms with Gasteiger partial charge >= 0.3 is 0 Å². The van der Waals surface area contributed by atoms with Crippen LogP contribution in [-0.2, 0) is 4.79 Å². The third-order valence-electron chi connectivity index (χ3n) is 3.62. The molecule has 0 aliphatic rings. The van der Waals surface area contributed by atoms with Gasteiger partial charge in [0, 0.05) is 0 Å². The molecule has 0 amide bonds. The molecule has 1 aromatic carbocycles. The van der Waals surface area contributed by atoms with Crippen LogP contribution >= 0.6 is 0 Å². The minimum atomic E-state index is 0.313. The number of hydrogen-bond acceptors (Lipinski definition) is 2. The summed E-state index contributed by atoms with van der Waals surface area (Å²) < 4.78 is 1.08. The summed E-state index contributed by atoms with van der Waals surface area (Å²) in [6, 6.07) is 12.0. The molecule has 3 heteroatoms. The van der Waals surface area contributed by atoms with Crippen LogP contribution in [0, 0.1) is 0 Å². The topological polar surface area (TPSA) is 43.1 Å². The highest BCUT2D eigenvalue weighted by Crippen LogP contribution is 2.07. The number of nitrogens with zero attached hydrogens (tertiary/aromatic N) is 1. The van der Waals surface area contributed by atoms with Crippen molar-refractivity contribution < 1.29 is 9.28 Å². The van der Waals surface area contributed by atoms with Gasteiger partial charge in [-0.05, 0) is 34.7 Å². The molecule has 0 bridgehead atoms. The van der Waals surface area contributed by atoms with E-state index < -0.39 is 0 Å². The van der Waals surface area contributed by atoms with E-state index in [0.717, 1.165) is 37.1 Å². The van der Waals surface area contributed by atoms with Gasteiger partial charge in [-0.25, -0.2) is 0 Å². The third kappa shape index (κ3) is 10.7. The maximum absolute atomic E-state index is 10.8. The van der Waals surface area contributed by atoms with Gasteiger partial charge in [-0.1, -0.05) is 36.4 Å². The molecule has 20 heavy (non-hydrogen) atoms. The maximum atomic E-state index is 10.8. The van der Waals surface area contributed by atoms with Crippen molar-refractivity contribution in [3.8, 4) is 0 Å². The highest BCUT2D eigenvalue weighted by Gasteiger charge is 2.20. The van der Waals surface area contributed by atoms with E-state index in [-0.39, 0.29) is 0 Å². The fraction of sp³-hybridized carbons (Fsp3) is 0.588. The molecule has 116 valence electrons. The number of carbonyl (C=O) groups excluding carboxylic acids is 1. The molecular weight excluding hydrogens is 248 g/mol. The molecule has 3 nitrogen and oxygen atoms in total. The van der Waals surface area contributed by atoms with Gasteiger partial charge in [-0.3, -0.25) is 4.79 Å². The Balaban J connectivity index is 0. The van der Waals surface area contributed by atoms with Gasteiger partial charge in [-0.15, -0.1) is 0 Å². The average molecular weight is 281 g/mol. The number of hydrogen-bond donors (Lipinski definition) is 1. The third-order valence-corrected chi connectivity index (χ3v) is 3.62. The molecule has 0 unspecified atom stereocenters. The van der Waals surface area contributed by atoms with Gasteiger partial charge in [-0.2, -0.15) is 0 Å². The molecule has 1 rings (SSSR count). The van der Waals surface area contributed by atoms with Crippen LogP contribution in [0.1, 0.15) is 34.1 Å². The van der Waals surface area contributed by atoms with E-state index in [1.807, 2.05) is 36.4 Å². The number of benzene rings is 1. The Labute approximate surface area is 125 Å². The molecule has 0 atom stereocenters. The second-order valence-electron chi connectivity index (χ2n) is 4.62. The molecule has 0 saturated carbocycles. The summed E-state index contributed by atoms with van der Waals surface area (Å²) >= 11 is 0. The molecule has 2 N–H and O–H groups in total. The molecule has 0 radical (unpaired) electrons. The summed E-state index contributed by atoms with van der Waals surface area (Å²) in [5.74, 6) is 0.313. The van der Waals surface area contributed by atoms with Crippen LogP contribution in [0.4, 0.5) is 0 Å². The Hall–Kier alpha value is -1.19. The fourth-order valence-corrected chi connectivity index (χ4v) is 1.92. The Morgan fingerprint density at radius 2 is 1.15 bits per heavy atom. The number of quaternary nitrogens is 1. The van der Waals surface area contributed by atoms with Gasteiger partial charge in [0.05, 0.1) is 32.6 Å². The minimum absolute atomic E-state index is 0.313. The van der Waals surface area contributed by atoms with Crippen LogP contribution in [-0.4, -0.2) is 43.5 Å². The summed E-state index contributed by atoms with van der Waals surface area (Å²) in [7, 11) is 1.50. The molecule has 0 aromatic heterocycles. The van der Waals surface area contributed by atoms with Gasteiger partial charge in [0.25, 0.3) is 0 Å². The summed E-state index contributed by atoms with van der Waals surface area (Å²) in [6.45, 7) is 12.7. The van der Waals surface area contributed by atoms with Crippen molar-refractivity contribution in [2.45, 2.75) is 34.1 Å². The van der Waals surface area contributed by atoms with Gasteiger partial charge < -0.3 is 10.2 Å². The van der Waals surface area contributed by atoms with Crippen LogP contribution in [0.15, 0.2) is 36.4 Å². The zero-order valence-electron chi connectivity index (χ0n) is 13.9. The standard InChI is InChI=1S/C10H22NO.C6H6.CH5N/c1-5-11(6-2,7-3)9-8-10(4)12;1-2-4-6-5-3-1;1-2/h5-9H2,1-4H3;1-6H;2H2,1H3/q+1;;. The molecule has 0 heterocycles. The SMILES string of the molecule is CC[N+](CC)(CC)CCC(C)=O.CN.c1ccccc1. The Kier molecular flexibility index (Phi) is 15.0. The van der Waals surface area contributed by atoms with Crippen molar-refractivity contribution in [2.24, 2.45) is 5.73 Å². The fourth-order valence-electron chi connectivity index (χ4n) is 1.92. The van der Waals surface area contributed by atoms with Crippen molar-refractivity contribution >= 4 is 5.78 Å². The Bertz CT molecular complexity index is 273. The number of nitrogens with two attached hydrogens (primary N) is 1. The molecule has 1 aromatic rings. The number of Topliss-reactive ketones (excluding diaryl/α,β-unsaturated/α-hetero) is 1. The lowest BCUT2D eigenvalue weighted by Crippen LogP contribution is -2.48. The second kappa shape index (κ2) is 14.2. The maximum Gasteiger partial charge on any atom is 0.135 e. The monoisotopic (exact) mass is 281 g/mol. The first kappa shape index (κ1) is 21.1. The quantitative estimate of drug-likeness (QED) is 0.814. The van der Waals surface area contributed by atoms with E-state index in [9.17, 15) is 4.79 Å². The van der Waals surface area contributed by atoms with Gasteiger partial charge in [0.1, 0.15) is 5.78 Å². The lowest BCUT2D eigenvalue weighted by atomic mass is 10.2. The summed E-state index contributed by atoms with van der Waals surface area (Å²) in [5.41, 5.74) is 4.50. The highest BCUT2D eigenvalue weighted by molar-refractivity contribution is 5.75. The van der Waals surface area contributed by atoms with Crippen LogP contribution in [0.25, 0.3) is 0 Å². The zero-order valence-corrected chi connectivity index (χ0v) is 13.9. The molecule has 0 fully saturated rings. The van der Waals surface area contributed by atoms with Gasteiger partial charge in [0.15, 0.2) is 0 Å². The van der Waals surface area contributed by atoms with Gasteiger partial charge in [0.2, 0.25) is 0 Å². The first-order chi connectivity index (χ1) is 9.60. The largest absolute Gasteiger partial charge is 0.333 e. The predicted octanol–water partition coefficient (Wildman–Crippen LogP) is 3.10. The smallest absolute Gasteiger partial charge is 0.135 e. The van der Waals surface area contributed by atoms with E-state index in [1.165, 1.54) is 7.05 Å². The van der Waals surface area contributed by atoms with Crippen LogP contribution in [0.2, 0.25) is 0 Å². The van der Waals surface area contributed by atoms with E-state index in [1.54, 1.807) is 6.92 Å². The van der Waals surface area contributed by atoms with Crippen molar-refractivity contribution in [1.82, 2.24) is 0 Å². The zero-order chi connectivity index (χ0) is 15.9. The Morgan fingerprint density at radius 3 is 1.35 bits per heavy atom. The summed E-state index contributed by atoms with van der Waals surface area (Å²) in [4.78, 5) is 10.8. The number of carbonyl (C=O) groups is 1. The molecule has 0 aliphatic carbocycles. The second-order valence-corrected chi connectivity index (χ2v) is 4.62. The van der Waals surface area contributed by atoms with Crippen molar-refractivity contribution in [3.63, 3.8) is 0 Å². The lowest BCUT2D eigenvalue weighted by Gasteiger charge is -2.35. The van der Waals surface area contributed by atoms with E-state index in [0.29, 0.717) is 5.78 Å². The predicted molar refractivity (Wildman–Crippen MR) is 88.6 cm³/mol. The first-order valence-corrected chi connectivity index (χ1v) is 7.52. The van der Waals surface area contributed by atoms with Crippen LogP contribution in [0.5, 0.6) is 0 Å². The first-order valence-electron chi connectivity index (χ1n) is 7.52. The minimum Gasteiger partial charge on any atom is -0.333 e. The molecule has 0 aliphatic heterocycles. The van der Waals surface area contributed by atoms with E-state index >= 15 is 0 Å². The molecule has 0 spiro atoms. The normalized spacial score (nSPS) is 9.70. The van der Waals surface area contributed by atoms with Crippen LogP contribution in [0.3, 0.4) is 0 Å². The van der Waals surface area contributed by atoms with Crippen LogP contribution < -0.4 is 5.73 Å². The van der Waals surface area contributed by atoms with Crippen molar-refractivity contribution in [2.75, 3.05) is 33.2 Å². The van der Waals surface area contributed by atoms with Crippen molar-refractivity contribution in [3.05, 3.63) is 36.4 Å². The molecular formula is C17H33N2O+. The van der Waals surface area contributed by atoms with E-state index in [4.69, 9.17) is 0 Å². The lowest BCUT2D eigenvalue weighted by molar-refractivity contribution is -0.922. The van der Waals surface area contributed by atoms with Crippen molar-refractivity contribution in [1.29, 1.82) is 0 Å². The van der Waals surface area contributed by atoms with E-state index in [2.05, 4.69) is 26.5 Å². The molecule has 0 saturated heterocycles. The number of ketones is 1. The Morgan fingerprint density at radius 1 is 0.850 bits per heavy atom. The summed E-state index contributed by atoms with van der Waals surface area (Å²) in [6.07, 6.45) is 0.732. The number of rotatable bonds is 6. The summed E-state index contributed by atoms with van der Waals surface area (Å²) in [5, 5.41) is 0. The highest BCUT2D eigenvalue weighted by atomic mass is 16.1.